The zero-order chi connectivity index (χ0) is 37.4. The molecule has 5 N–H and O–H groups in total. The summed E-state index contributed by atoms with van der Waals surface area (Å²) in [7, 11) is 0. The second-order valence-electron chi connectivity index (χ2n) is 11.0. The minimum absolute atomic E-state index is 0.124. The Morgan fingerprint density at radius 1 is 0.667 bits per heavy atom. The van der Waals surface area contributed by atoms with Crippen molar-refractivity contribution in [3.8, 4) is 5.75 Å². The molecule has 11 nitrogen and oxygen atoms in total. The molecule has 274 valence electrons. The lowest BCUT2D eigenvalue weighted by molar-refractivity contribution is -0.284. The van der Waals surface area contributed by atoms with Crippen LogP contribution in [0.3, 0.4) is 0 Å². The number of hydrogen-bond donors (Lipinski definition) is 3. The maximum Gasteiger partial charge on any atom is 0.453 e. The van der Waals surface area contributed by atoms with Gasteiger partial charge in [-0.1, -0.05) is 12.1 Å². The summed E-state index contributed by atoms with van der Waals surface area (Å²) in [5.74, 6) is -6.41. The second kappa shape index (κ2) is 18.9. The van der Waals surface area contributed by atoms with Gasteiger partial charge in [0.15, 0.2) is 0 Å². The van der Waals surface area contributed by atoms with E-state index in [9.17, 15) is 41.1 Å². The van der Waals surface area contributed by atoms with E-state index in [-0.39, 0.29) is 30.2 Å². The standard InChI is InChI=1S/C35H36F5N3O8/c36-34(37,35(38,39)40)16-5-19-50-33(47)43-28-11-9-24(10-12-28)32(46)51-29-13-6-23(7-14-29)8-15-30(44)48-17-3-1-2-4-18-49-31(45)25-20-26(41)22-27(42)21-25/h6-15,20-22H,1-5,16-19,41-42H2,(H,43,47)/b15-8+. The van der Waals surface area contributed by atoms with Gasteiger partial charge in [-0.25, -0.2) is 19.2 Å². The van der Waals surface area contributed by atoms with Crippen LogP contribution in [0.15, 0.2) is 72.8 Å². The third-order valence-electron chi connectivity index (χ3n) is 6.88. The van der Waals surface area contributed by atoms with Crippen molar-refractivity contribution in [2.24, 2.45) is 0 Å². The maximum absolute atomic E-state index is 12.9. The zero-order valence-electron chi connectivity index (χ0n) is 27.2. The molecule has 3 aromatic rings. The minimum atomic E-state index is -5.68. The molecule has 0 aliphatic carbocycles. The molecular formula is C35H36F5N3O8. The number of esters is 3. The topological polar surface area (TPSA) is 169 Å². The molecule has 0 aliphatic heterocycles. The molecule has 0 atom stereocenters. The summed E-state index contributed by atoms with van der Waals surface area (Å²) >= 11 is 0. The van der Waals surface area contributed by atoms with Crippen LogP contribution in [-0.2, 0) is 19.0 Å². The fourth-order valence-electron chi connectivity index (χ4n) is 4.24. The molecule has 0 fully saturated rings. The fourth-order valence-corrected chi connectivity index (χ4v) is 4.24. The number of rotatable bonds is 17. The summed E-state index contributed by atoms with van der Waals surface area (Å²) in [5, 5.41) is 2.26. The van der Waals surface area contributed by atoms with Crippen LogP contribution in [0.5, 0.6) is 5.75 Å². The summed E-state index contributed by atoms with van der Waals surface area (Å²) in [6.07, 6.45) is -3.37. The fraction of sp³-hybridized carbons (Fsp3) is 0.314. The molecule has 3 rings (SSSR count). The SMILES string of the molecule is Nc1cc(N)cc(C(=O)OCCCCCCOC(=O)/C=C/c2ccc(OC(=O)c3ccc(NC(=O)OCCCC(F)(F)C(F)(F)F)cc3)cc2)c1. The van der Waals surface area contributed by atoms with E-state index in [1.807, 2.05) is 0 Å². The lowest BCUT2D eigenvalue weighted by atomic mass is 10.2. The minimum Gasteiger partial charge on any atom is -0.463 e. The summed E-state index contributed by atoms with van der Waals surface area (Å²) in [6.45, 7) is -0.199. The number of nitrogens with two attached hydrogens (primary N) is 2. The van der Waals surface area contributed by atoms with E-state index in [2.05, 4.69) is 10.1 Å². The molecule has 0 aliphatic rings. The van der Waals surface area contributed by atoms with E-state index >= 15 is 0 Å². The molecule has 0 radical (unpaired) electrons. The highest BCUT2D eigenvalue weighted by molar-refractivity contribution is 5.93. The van der Waals surface area contributed by atoms with Gasteiger partial charge in [0, 0.05) is 29.6 Å². The Hall–Kier alpha value is -5.67. The van der Waals surface area contributed by atoms with Crippen molar-refractivity contribution in [2.45, 2.75) is 50.6 Å². The number of ether oxygens (including phenoxy) is 4. The first-order valence-corrected chi connectivity index (χ1v) is 15.6. The first-order valence-electron chi connectivity index (χ1n) is 15.6. The van der Waals surface area contributed by atoms with Crippen molar-refractivity contribution in [3.63, 3.8) is 0 Å². The Morgan fingerprint density at radius 3 is 1.86 bits per heavy atom. The van der Waals surface area contributed by atoms with Crippen molar-refractivity contribution in [1.82, 2.24) is 0 Å². The molecule has 0 unspecified atom stereocenters. The predicted octanol–water partition coefficient (Wildman–Crippen LogP) is 7.57. The van der Waals surface area contributed by atoms with Gasteiger partial charge >= 0.3 is 36.1 Å². The van der Waals surface area contributed by atoms with Crippen LogP contribution in [0.25, 0.3) is 6.08 Å². The summed E-state index contributed by atoms with van der Waals surface area (Å²) in [4.78, 5) is 48.4. The number of carbonyl (C=O) groups excluding carboxylic acids is 4. The smallest absolute Gasteiger partial charge is 0.453 e. The van der Waals surface area contributed by atoms with Crippen LogP contribution < -0.4 is 21.5 Å². The van der Waals surface area contributed by atoms with E-state index in [1.165, 1.54) is 60.7 Å². The second-order valence-corrected chi connectivity index (χ2v) is 11.0. The quantitative estimate of drug-likeness (QED) is 0.0240. The van der Waals surface area contributed by atoms with E-state index in [0.29, 0.717) is 35.3 Å². The molecule has 0 heterocycles. The highest BCUT2D eigenvalue weighted by Crippen LogP contribution is 2.38. The van der Waals surface area contributed by atoms with Gasteiger partial charge in [-0.05, 0) is 98.3 Å². The van der Waals surface area contributed by atoms with Crippen molar-refractivity contribution in [1.29, 1.82) is 0 Å². The third-order valence-corrected chi connectivity index (χ3v) is 6.88. The van der Waals surface area contributed by atoms with Crippen LogP contribution in [0.2, 0.25) is 0 Å². The highest BCUT2D eigenvalue weighted by Gasteiger charge is 2.56. The Bertz CT molecular complexity index is 1640. The molecule has 0 bridgehead atoms. The van der Waals surface area contributed by atoms with E-state index < -0.39 is 55.5 Å². The van der Waals surface area contributed by atoms with Gasteiger partial charge in [0.1, 0.15) is 5.75 Å². The summed E-state index contributed by atoms with van der Waals surface area (Å²) in [5.41, 5.74) is 13.3. The third kappa shape index (κ3) is 14.0. The van der Waals surface area contributed by atoms with Crippen molar-refractivity contribution in [3.05, 3.63) is 89.5 Å². The number of unbranched alkanes of at least 4 members (excludes halogenated alkanes) is 3. The Labute approximate surface area is 289 Å². The van der Waals surface area contributed by atoms with Gasteiger partial charge in [-0.15, -0.1) is 0 Å². The predicted molar refractivity (Wildman–Crippen MR) is 177 cm³/mol. The number of hydrogen-bond acceptors (Lipinski definition) is 10. The molecule has 16 heteroatoms. The van der Waals surface area contributed by atoms with Crippen molar-refractivity contribution < 1.29 is 60.1 Å². The molecule has 0 saturated carbocycles. The lowest BCUT2D eigenvalue weighted by Crippen LogP contribution is -2.36. The number of nitrogen functional groups attached to an aromatic ring is 2. The first kappa shape index (κ1) is 39.8. The van der Waals surface area contributed by atoms with Gasteiger partial charge in [0.2, 0.25) is 0 Å². The van der Waals surface area contributed by atoms with Crippen LogP contribution >= 0.6 is 0 Å². The van der Waals surface area contributed by atoms with Gasteiger partial charge in [-0.2, -0.15) is 22.0 Å². The number of nitrogens with one attached hydrogen (secondary N) is 1. The number of carbonyl (C=O) groups is 4. The molecule has 0 spiro atoms. The number of halogens is 5. The largest absolute Gasteiger partial charge is 0.463 e. The van der Waals surface area contributed by atoms with Crippen molar-refractivity contribution >= 4 is 47.1 Å². The number of benzene rings is 3. The number of alkyl halides is 5. The summed E-state index contributed by atoms with van der Waals surface area (Å²) in [6, 6.07) is 16.1. The van der Waals surface area contributed by atoms with Crippen LogP contribution in [0.4, 0.5) is 43.8 Å². The van der Waals surface area contributed by atoms with Crippen LogP contribution in [-0.4, -0.2) is 55.9 Å². The lowest BCUT2D eigenvalue weighted by Gasteiger charge is -2.19. The Balaban J connectivity index is 1.29. The Morgan fingerprint density at radius 2 is 1.25 bits per heavy atom. The number of amides is 1. The Kier molecular flexibility index (Phi) is 14.8. The zero-order valence-corrected chi connectivity index (χ0v) is 27.2. The van der Waals surface area contributed by atoms with E-state index in [0.717, 1.165) is 12.8 Å². The van der Waals surface area contributed by atoms with E-state index in [4.69, 9.17) is 25.7 Å². The molecule has 51 heavy (non-hydrogen) atoms. The summed E-state index contributed by atoms with van der Waals surface area (Å²) < 4.78 is 82.7. The van der Waals surface area contributed by atoms with Gasteiger partial charge in [-0.3, -0.25) is 5.32 Å². The molecular weight excluding hydrogens is 685 g/mol. The average molecular weight is 722 g/mol. The average Bonchev–Trinajstić information content (AvgIpc) is 3.06. The maximum atomic E-state index is 12.9. The normalized spacial score (nSPS) is 11.5. The first-order chi connectivity index (χ1) is 24.1. The highest BCUT2D eigenvalue weighted by atomic mass is 19.4. The van der Waals surface area contributed by atoms with Crippen LogP contribution in [0.1, 0.15) is 64.8 Å². The van der Waals surface area contributed by atoms with Gasteiger partial charge < -0.3 is 30.4 Å². The van der Waals surface area contributed by atoms with Gasteiger partial charge in [0.05, 0.1) is 30.9 Å². The van der Waals surface area contributed by atoms with E-state index in [1.54, 1.807) is 18.2 Å². The monoisotopic (exact) mass is 721 g/mol. The molecule has 3 aromatic carbocycles. The van der Waals surface area contributed by atoms with Crippen LogP contribution in [0, 0.1) is 0 Å². The van der Waals surface area contributed by atoms with Crippen molar-refractivity contribution in [2.75, 3.05) is 36.6 Å². The number of anilines is 3. The molecule has 1 amide bonds. The molecule has 0 aromatic heterocycles. The molecule has 0 saturated heterocycles. The van der Waals surface area contributed by atoms with Gasteiger partial charge in [0.25, 0.3) is 0 Å².